The first-order chi connectivity index (χ1) is 9.83. The van der Waals surface area contributed by atoms with Crippen molar-refractivity contribution in [3.63, 3.8) is 0 Å². The van der Waals surface area contributed by atoms with Crippen LogP contribution in [-0.2, 0) is 4.74 Å². The van der Waals surface area contributed by atoms with Gasteiger partial charge in [0.05, 0.1) is 11.7 Å². The molecule has 4 aliphatic rings. The van der Waals surface area contributed by atoms with E-state index in [0.717, 1.165) is 30.8 Å². The van der Waals surface area contributed by atoms with E-state index in [4.69, 9.17) is 4.74 Å². The minimum atomic E-state index is 0.215. The number of rotatable bonds is 3. The molecule has 114 valence electrons. The average molecular weight is 277 g/mol. The van der Waals surface area contributed by atoms with Gasteiger partial charge in [-0.3, -0.25) is 0 Å². The lowest BCUT2D eigenvalue weighted by molar-refractivity contribution is -0.149. The van der Waals surface area contributed by atoms with Crippen LogP contribution in [0.15, 0.2) is 0 Å². The Morgan fingerprint density at radius 3 is 2.60 bits per heavy atom. The van der Waals surface area contributed by atoms with Gasteiger partial charge in [0.1, 0.15) is 0 Å². The molecular formula is C18H31NO. The largest absolute Gasteiger partial charge is 0.369 e. The number of morpholine rings is 1. The Hall–Kier alpha value is -0.0800. The second-order valence-corrected chi connectivity index (χ2v) is 8.13. The van der Waals surface area contributed by atoms with Crippen molar-refractivity contribution >= 4 is 0 Å². The molecule has 2 heteroatoms. The quantitative estimate of drug-likeness (QED) is 0.845. The van der Waals surface area contributed by atoms with Crippen LogP contribution in [-0.4, -0.2) is 24.8 Å². The number of hydrogen-bond donors (Lipinski definition) is 1. The molecule has 1 heterocycles. The summed E-state index contributed by atoms with van der Waals surface area (Å²) in [6.45, 7) is 2.23. The molecular weight excluding hydrogens is 246 g/mol. The second kappa shape index (κ2) is 5.61. The van der Waals surface area contributed by atoms with Gasteiger partial charge in [-0.1, -0.05) is 32.1 Å². The smallest absolute Gasteiger partial charge is 0.0813 e. The molecule has 1 N–H and O–H groups in total. The molecule has 0 aromatic carbocycles. The van der Waals surface area contributed by atoms with Gasteiger partial charge in [0.25, 0.3) is 0 Å². The third-order valence-electron chi connectivity index (χ3n) is 6.44. The van der Waals surface area contributed by atoms with E-state index in [1.54, 1.807) is 0 Å². The fraction of sp³-hybridized carbons (Fsp3) is 1.00. The van der Waals surface area contributed by atoms with E-state index in [2.05, 4.69) is 5.32 Å². The lowest BCUT2D eigenvalue weighted by Gasteiger charge is -2.47. The van der Waals surface area contributed by atoms with Gasteiger partial charge in [-0.25, -0.2) is 0 Å². The van der Waals surface area contributed by atoms with E-state index >= 15 is 0 Å². The van der Waals surface area contributed by atoms with Crippen LogP contribution < -0.4 is 5.32 Å². The number of ether oxygens (including phenoxy) is 1. The van der Waals surface area contributed by atoms with Gasteiger partial charge < -0.3 is 10.1 Å². The van der Waals surface area contributed by atoms with Crippen LogP contribution in [0, 0.1) is 17.8 Å². The van der Waals surface area contributed by atoms with Gasteiger partial charge >= 0.3 is 0 Å². The van der Waals surface area contributed by atoms with Crippen LogP contribution in [0.3, 0.4) is 0 Å². The first-order valence-corrected chi connectivity index (χ1v) is 9.22. The average Bonchev–Trinajstić information content (AvgIpc) is 3.18. The Labute approximate surface area is 124 Å². The summed E-state index contributed by atoms with van der Waals surface area (Å²) in [5, 5.41) is 3.72. The molecule has 4 fully saturated rings. The highest BCUT2D eigenvalue weighted by molar-refractivity contribution is 4.97. The maximum atomic E-state index is 6.72. The molecule has 0 amide bonds. The van der Waals surface area contributed by atoms with Crippen molar-refractivity contribution in [1.82, 2.24) is 5.32 Å². The molecule has 1 spiro atoms. The van der Waals surface area contributed by atoms with Gasteiger partial charge in [0, 0.05) is 13.1 Å². The normalized spacial score (nSPS) is 43.2. The van der Waals surface area contributed by atoms with Crippen LogP contribution >= 0.6 is 0 Å². The molecule has 0 bridgehead atoms. The zero-order chi connectivity index (χ0) is 13.4. The van der Waals surface area contributed by atoms with Crippen LogP contribution in [0.25, 0.3) is 0 Å². The van der Waals surface area contributed by atoms with Gasteiger partial charge in [-0.15, -0.1) is 0 Å². The summed E-state index contributed by atoms with van der Waals surface area (Å²) in [7, 11) is 0. The molecule has 0 aromatic heterocycles. The van der Waals surface area contributed by atoms with Crippen LogP contribution in [0.4, 0.5) is 0 Å². The van der Waals surface area contributed by atoms with Crippen molar-refractivity contribution in [2.24, 2.45) is 17.8 Å². The Morgan fingerprint density at radius 2 is 1.80 bits per heavy atom. The summed E-state index contributed by atoms with van der Waals surface area (Å²) in [5.41, 5.74) is 0.215. The van der Waals surface area contributed by atoms with Crippen molar-refractivity contribution in [3.05, 3.63) is 0 Å². The molecule has 0 radical (unpaired) electrons. The molecule has 3 saturated carbocycles. The lowest BCUT2D eigenvalue weighted by Crippen LogP contribution is -2.56. The highest BCUT2D eigenvalue weighted by Crippen LogP contribution is 2.48. The summed E-state index contributed by atoms with van der Waals surface area (Å²) in [4.78, 5) is 0. The van der Waals surface area contributed by atoms with Crippen LogP contribution in [0.2, 0.25) is 0 Å². The van der Waals surface area contributed by atoms with Gasteiger partial charge in [-0.2, -0.15) is 0 Å². The minimum absolute atomic E-state index is 0.215. The highest BCUT2D eigenvalue weighted by atomic mass is 16.5. The Balaban J connectivity index is 1.36. The fourth-order valence-corrected chi connectivity index (χ4v) is 5.25. The molecule has 3 atom stereocenters. The van der Waals surface area contributed by atoms with E-state index in [-0.39, 0.29) is 5.60 Å². The topological polar surface area (TPSA) is 21.3 Å². The predicted octanol–water partition coefficient (Wildman–Crippen LogP) is 3.89. The summed E-state index contributed by atoms with van der Waals surface area (Å²) >= 11 is 0. The molecule has 20 heavy (non-hydrogen) atoms. The highest BCUT2D eigenvalue weighted by Gasteiger charge is 2.45. The van der Waals surface area contributed by atoms with Crippen molar-refractivity contribution in [2.45, 2.75) is 82.3 Å². The van der Waals surface area contributed by atoms with Crippen molar-refractivity contribution in [2.75, 3.05) is 13.1 Å². The Kier molecular flexibility index (Phi) is 3.80. The molecule has 3 aliphatic carbocycles. The van der Waals surface area contributed by atoms with Gasteiger partial charge in [0.15, 0.2) is 0 Å². The summed E-state index contributed by atoms with van der Waals surface area (Å²) < 4.78 is 6.72. The molecule has 0 aromatic rings. The van der Waals surface area contributed by atoms with E-state index in [1.165, 1.54) is 70.6 Å². The van der Waals surface area contributed by atoms with Gasteiger partial charge in [0.2, 0.25) is 0 Å². The van der Waals surface area contributed by atoms with E-state index in [9.17, 15) is 0 Å². The fourth-order valence-electron chi connectivity index (χ4n) is 5.25. The molecule has 1 saturated heterocycles. The minimum Gasteiger partial charge on any atom is -0.369 e. The zero-order valence-corrected chi connectivity index (χ0v) is 12.9. The Bertz CT molecular complexity index is 330. The third kappa shape index (κ3) is 2.92. The van der Waals surface area contributed by atoms with Gasteiger partial charge in [-0.05, 0) is 56.3 Å². The van der Waals surface area contributed by atoms with E-state index in [0.29, 0.717) is 6.10 Å². The zero-order valence-electron chi connectivity index (χ0n) is 12.9. The maximum Gasteiger partial charge on any atom is 0.0813 e. The van der Waals surface area contributed by atoms with Crippen molar-refractivity contribution in [1.29, 1.82) is 0 Å². The van der Waals surface area contributed by atoms with Crippen molar-refractivity contribution < 1.29 is 4.74 Å². The second-order valence-electron chi connectivity index (χ2n) is 8.13. The monoisotopic (exact) mass is 277 g/mol. The SMILES string of the molecule is C1CCC(CC2CNCC3(CCCC(C4CC4)C3)O2)C1. The maximum absolute atomic E-state index is 6.72. The van der Waals surface area contributed by atoms with Crippen LogP contribution in [0.5, 0.6) is 0 Å². The summed E-state index contributed by atoms with van der Waals surface area (Å²) in [6.07, 6.45) is 16.2. The Morgan fingerprint density at radius 1 is 0.950 bits per heavy atom. The standard InChI is InChI=1S/C18H31NO/c1-2-5-14(4-1)10-17-12-19-13-18(20-17)9-3-6-16(11-18)15-7-8-15/h14-17,19H,1-13H2. The number of nitrogens with one attached hydrogen (secondary N) is 1. The molecule has 2 nitrogen and oxygen atoms in total. The molecule has 3 unspecified atom stereocenters. The molecule has 4 rings (SSSR count). The van der Waals surface area contributed by atoms with E-state index < -0.39 is 0 Å². The predicted molar refractivity (Wildman–Crippen MR) is 81.7 cm³/mol. The van der Waals surface area contributed by atoms with Crippen molar-refractivity contribution in [3.8, 4) is 0 Å². The van der Waals surface area contributed by atoms with E-state index in [1.807, 2.05) is 0 Å². The lowest BCUT2D eigenvalue weighted by atomic mass is 9.75. The third-order valence-corrected chi connectivity index (χ3v) is 6.44. The van der Waals surface area contributed by atoms with Crippen LogP contribution in [0.1, 0.15) is 70.6 Å². The number of hydrogen-bond acceptors (Lipinski definition) is 2. The summed E-state index contributed by atoms with van der Waals surface area (Å²) in [6, 6.07) is 0. The summed E-state index contributed by atoms with van der Waals surface area (Å²) in [5.74, 6) is 3.00. The molecule has 1 aliphatic heterocycles. The first kappa shape index (κ1) is 13.6. The first-order valence-electron chi connectivity index (χ1n) is 9.22.